The van der Waals surface area contributed by atoms with E-state index in [9.17, 15) is 5.11 Å². The van der Waals surface area contributed by atoms with Crippen molar-refractivity contribution in [3.63, 3.8) is 0 Å². The highest BCUT2D eigenvalue weighted by molar-refractivity contribution is 6.30. The van der Waals surface area contributed by atoms with E-state index < -0.39 is 0 Å². The predicted molar refractivity (Wildman–Crippen MR) is 60.8 cm³/mol. The number of aryl methyl sites for hydroxylation is 1. The van der Waals surface area contributed by atoms with Gasteiger partial charge in [0.05, 0.1) is 6.10 Å². The summed E-state index contributed by atoms with van der Waals surface area (Å²) in [7, 11) is 0. The highest BCUT2D eigenvalue weighted by Crippen LogP contribution is 2.34. The maximum absolute atomic E-state index is 9.57. The van der Waals surface area contributed by atoms with Gasteiger partial charge in [-0.3, -0.25) is 0 Å². The number of benzene rings is 1. The van der Waals surface area contributed by atoms with Crippen LogP contribution in [0.15, 0.2) is 12.1 Å². The standard InChI is InChI=1S/C10H11ClO.C2H6/c1-6-4-7(11)5-9-8(6)2-3-10(9)12;1-2/h4-5,10,12H,2-3H2,1H3;1-2H3. The molecule has 0 saturated carbocycles. The summed E-state index contributed by atoms with van der Waals surface area (Å²) in [6.45, 7) is 6.04. The summed E-state index contributed by atoms with van der Waals surface area (Å²) in [4.78, 5) is 0. The van der Waals surface area contributed by atoms with Crippen molar-refractivity contribution in [2.45, 2.75) is 39.7 Å². The molecule has 1 aromatic carbocycles. The summed E-state index contributed by atoms with van der Waals surface area (Å²) in [6.07, 6.45) is 1.54. The van der Waals surface area contributed by atoms with Gasteiger partial charge in [-0.2, -0.15) is 0 Å². The minimum atomic E-state index is -0.294. The first-order chi connectivity index (χ1) is 6.68. The largest absolute Gasteiger partial charge is 0.388 e. The van der Waals surface area contributed by atoms with E-state index in [0.717, 1.165) is 23.4 Å². The van der Waals surface area contributed by atoms with Gasteiger partial charge < -0.3 is 5.11 Å². The highest BCUT2D eigenvalue weighted by Gasteiger charge is 2.21. The van der Waals surface area contributed by atoms with Crippen molar-refractivity contribution < 1.29 is 5.11 Å². The first-order valence-corrected chi connectivity index (χ1v) is 5.53. The minimum absolute atomic E-state index is 0.294. The molecular weight excluding hydrogens is 196 g/mol. The van der Waals surface area contributed by atoms with Crippen molar-refractivity contribution in [2.75, 3.05) is 0 Å². The molecule has 0 aliphatic heterocycles. The van der Waals surface area contributed by atoms with Gasteiger partial charge in [0.2, 0.25) is 0 Å². The van der Waals surface area contributed by atoms with Crippen LogP contribution >= 0.6 is 11.6 Å². The Kier molecular flexibility index (Phi) is 3.97. The Hall–Kier alpha value is -0.530. The van der Waals surface area contributed by atoms with Gasteiger partial charge in [0.1, 0.15) is 0 Å². The summed E-state index contributed by atoms with van der Waals surface area (Å²) in [5.74, 6) is 0. The van der Waals surface area contributed by atoms with Crippen LogP contribution in [0.2, 0.25) is 5.02 Å². The molecule has 1 aromatic rings. The first kappa shape index (κ1) is 11.5. The maximum Gasteiger partial charge on any atom is 0.0796 e. The van der Waals surface area contributed by atoms with E-state index in [4.69, 9.17) is 11.6 Å². The molecule has 2 heteroatoms. The van der Waals surface area contributed by atoms with Gasteiger partial charge in [-0.05, 0) is 48.6 Å². The molecule has 1 N–H and O–H groups in total. The lowest BCUT2D eigenvalue weighted by atomic mass is 10.0. The number of aliphatic hydroxyl groups excluding tert-OH is 1. The minimum Gasteiger partial charge on any atom is -0.388 e. The first-order valence-electron chi connectivity index (χ1n) is 5.15. The zero-order valence-electron chi connectivity index (χ0n) is 8.97. The molecule has 0 heterocycles. The van der Waals surface area contributed by atoms with Crippen LogP contribution in [-0.4, -0.2) is 5.11 Å². The van der Waals surface area contributed by atoms with Gasteiger partial charge in [-0.25, -0.2) is 0 Å². The van der Waals surface area contributed by atoms with Gasteiger partial charge >= 0.3 is 0 Å². The second kappa shape index (κ2) is 4.81. The van der Waals surface area contributed by atoms with Crippen LogP contribution in [0.5, 0.6) is 0 Å². The molecular formula is C12H17ClO. The smallest absolute Gasteiger partial charge is 0.0796 e. The molecule has 0 aromatic heterocycles. The van der Waals surface area contributed by atoms with Gasteiger partial charge in [0.25, 0.3) is 0 Å². The number of fused-ring (bicyclic) bond motifs is 1. The predicted octanol–water partition coefficient (Wildman–Crippen LogP) is 3.65. The zero-order valence-corrected chi connectivity index (χ0v) is 9.73. The molecule has 0 fully saturated rings. The quantitative estimate of drug-likeness (QED) is 0.696. The van der Waals surface area contributed by atoms with Gasteiger partial charge in [-0.15, -0.1) is 0 Å². The molecule has 0 radical (unpaired) electrons. The van der Waals surface area contributed by atoms with Gasteiger partial charge in [0, 0.05) is 5.02 Å². The second-order valence-corrected chi connectivity index (χ2v) is 3.78. The Morgan fingerprint density at radius 3 is 2.64 bits per heavy atom. The summed E-state index contributed by atoms with van der Waals surface area (Å²) in [5.41, 5.74) is 3.51. The monoisotopic (exact) mass is 212 g/mol. The van der Waals surface area contributed by atoms with Crippen LogP contribution in [0.25, 0.3) is 0 Å². The highest BCUT2D eigenvalue weighted by atomic mass is 35.5. The van der Waals surface area contributed by atoms with E-state index in [2.05, 4.69) is 0 Å². The molecule has 0 bridgehead atoms. The van der Waals surface area contributed by atoms with Crippen LogP contribution in [0, 0.1) is 6.92 Å². The van der Waals surface area contributed by atoms with Crippen molar-refractivity contribution >= 4 is 11.6 Å². The summed E-state index contributed by atoms with van der Waals surface area (Å²) in [5, 5.41) is 10.3. The van der Waals surface area contributed by atoms with E-state index in [-0.39, 0.29) is 6.10 Å². The van der Waals surface area contributed by atoms with Gasteiger partial charge in [0.15, 0.2) is 0 Å². The molecule has 14 heavy (non-hydrogen) atoms. The topological polar surface area (TPSA) is 20.2 Å². The molecule has 0 amide bonds. The van der Waals surface area contributed by atoms with Crippen molar-refractivity contribution in [1.29, 1.82) is 0 Å². The summed E-state index contributed by atoms with van der Waals surface area (Å²) < 4.78 is 0. The normalized spacial score (nSPS) is 18.5. The van der Waals surface area contributed by atoms with Gasteiger partial charge in [-0.1, -0.05) is 25.4 Å². The van der Waals surface area contributed by atoms with Crippen molar-refractivity contribution in [3.05, 3.63) is 33.8 Å². The fourth-order valence-electron chi connectivity index (χ4n) is 1.87. The molecule has 1 nitrogen and oxygen atoms in total. The fourth-order valence-corrected chi connectivity index (χ4v) is 2.16. The Morgan fingerprint density at radius 2 is 2.00 bits per heavy atom. The zero-order chi connectivity index (χ0) is 10.7. The molecule has 1 atom stereocenters. The van der Waals surface area contributed by atoms with Crippen molar-refractivity contribution in [1.82, 2.24) is 0 Å². The van der Waals surface area contributed by atoms with Crippen LogP contribution in [-0.2, 0) is 6.42 Å². The van der Waals surface area contributed by atoms with Crippen molar-refractivity contribution in [3.8, 4) is 0 Å². The lowest BCUT2D eigenvalue weighted by Gasteiger charge is -2.06. The molecule has 0 saturated heterocycles. The van der Waals surface area contributed by atoms with E-state index in [0.29, 0.717) is 0 Å². The molecule has 2 rings (SSSR count). The van der Waals surface area contributed by atoms with Crippen LogP contribution < -0.4 is 0 Å². The average Bonchev–Trinajstić information content (AvgIpc) is 2.52. The van der Waals surface area contributed by atoms with Crippen molar-refractivity contribution in [2.24, 2.45) is 0 Å². The molecule has 0 spiro atoms. The van der Waals surface area contributed by atoms with Crippen LogP contribution in [0.4, 0.5) is 0 Å². The van der Waals surface area contributed by atoms with Crippen LogP contribution in [0.3, 0.4) is 0 Å². The lowest BCUT2D eigenvalue weighted by molar-refractivity contribution is 0.180. The third-order valence-corrected chi connectivity index (χ3v) is 2.72. The molecule has 1 unspecified atom stereocenters. The number of rotatable bonds is 0. The number of hydrogen-bond donors (Lipinski definition) is 1. The Labute approximate surface area is 90.7 Å². The summed E-state index contributed by atoms with van der Waals surface area (Å²) in [6, 6.07) is 3.83. The maximum atomic E-state index is 9.57. The van der Waals surface area contributed by atoms with Crippen LogP contribution in [0.1, 0.15) is 43.1 Å². The molecule has 78 valence electrons. The Morgan fingerprint density at radius 1 is 1.36 bits per heavy atom. The SMILES string of the molecule is CC.Cc1cc(Cl)cc2c1CCC2O. The second-order valence-electron chi connectivity index (χ2n) is 3.34. The van der Waals surface area contributed by atoms with E-state index >= 15 is 0 Å². The lowest BCUT2D eigenvalue weighted by Crippen LogP contribution is -1.91. The number of halogens is 1. The van der Waals surface area contributed by atoms with E-state index in [1.54, 1.807) is 0 Å². The number of hydrogen-bond acceptors (Lipinski definition) is 1. The van der Waals surface area contributed by atoms with E-state index in [1.165, 1.54) is 11.1 Å². The third-order valence-electron chi connectivity index (χ3n) is 2.50. The molecule has 1 aliphatic rings. The van der Waals surface area contributed by atoms with E-state index in [1.807, 2.05) is 32.9 Å². The average molecular weight is 213 g/mol. The third kappa shape index (κ3) is 2.10. The summed E-state index contributed by atoms with van der Waals surface area (Å²) >= 11 is 5.88. The Balaban J connectivity index is 0.000000461. The number of aliphatic hydroxyl groups is 1. The Bertz CT molecular complexity index is 320. The molecule has 1 aliphatic carbocycles. The fraction of sp³-hybridized carbons (Fsp3) is 0.500.